The first-order valence-corrected chi connectivity index (χ1v) is 14.1. The second-order valence-electron chi connectivity index (χ2n) is 9.55. The lowest BCUT2D eigenvalue weighted by Crippen LogP contribution is -2.37. The molecule has 0 amide bonds. The van der Waals surface area contributed by atoms with Crippen molar-refractivity contribution in [3.8, 4) is 0 Å². The summed E-state index contributed by atoms with van der Waals surface area (Å²) in [7, 11) is 1.24. The maximum Gasteiger partial charge on any atom is 0.305 e. The van der Waals surface area contributed by atoms with Gasteiger partial charge < -0.3 is 28.3 Å². The smallest absolute Gasteiger partial charge is 0.305 e. The molecule has 0 saturated heterocycles. The Bertz CT molecular complexity index is 617. The number of esters is 1. The zero-order chi connectivity index (χ0) is 25.7. The maximum absolute atomic E-state index is 11.8. The van der Waals surface area contributed by atoms with E-state index in [-0.39, 0.29) is 19.6 Å². The number of phosphoric ester groups is 1. The van der Waals surface area contributed by atoms with Gasteiger partial charge in [-0.15, -0.1) is 0 Å². The Hall–Kier alpha value is -1.02. The van der Waals surface area contributed by atoms with Crippen LogP contribution in [0.5, 0.6) is 0 Å². The quantitative estimate of drug-likeness (QED) is 0.0758. The van der Waals surface area contributed by atoms with Crippen LogP contribution in [-0.4, -0.2) is 69.2 Å². The molecule has 0 aromatic carbocycles. The molecule has 0 aliphatic heterocycles. The average Bonchev–Trinajstić information content (AvgIpc) is 2.75. The number of rotatable bonds is 22. The van der Waals surface area contributed by atoms with Crippen molar-refractivity contribution >= 4 is 13.8 Å². The molecule has 34 heavy (non-hydrogen) atoms. The molecule has 2 unspecified atom stereocenters. The molecule has 0 aromatic heterocycles. The molecule has 0 radical (unpaired) electrons. The van der Waals surface area contributed by atoms with Gasteiger partial charge in [0.2, 0.25) is 0 Å². The van der Waals surface area contributed by atoms with E-state index in [0.717, 1.165) is 44.9 Å². The standard InChI is InChI=1S/C25H48NO7P/c1-5-6-7-8-9-10-11-12-13-14-15-16-17-18-19-25(28)31-22-24(27)23-33-34(29,30)32-21-20-26(2,3)4/h8-9,11-12,24,27H,5-7,10,13-23H2,1-4H3/b9-8+,12-11+. The van der Waals surface area contributed by atoms with Gasteiger partial charge in [-0.25, -0.2) is 0 Å². The van der Waals surface area contributed by atoms with Gasteiger partial charge in [0.25, 0.3) is 7.82 Å². The molecule has 0 aliphatic rings. The Kier molecular flexibility index (Phi) is 19.6. The predicted molar refractivity (Wildman–Crippen MR) is 134 cm³/mol. The van der Waals surface area contributed by atoms with Gasteiger partial charge >= 0.3 is 5.97 Å². The number of unbranched alkanes of at least 4 members (excludes halogenated alkanes) is 7. The number of nitrogens with zero attached hydrogens (tertiary/aromatic N) is 1. The normalized spacial score (nSPS) is 15.1. The number of carbonyl (C=O) groups excluding carboxylic acids is 1. The van der Waals surface area contributed by atoms with Crippen LogP contribution in [0.3, 0.4) is 0 Å². The van der Waals surface area contributed by atoms with Crippen LogP contribution in [0.4, 0.5) is 0 Å². The first-order chi connectivity index (χ1) is 16.1. The molecule has 8 nitrogen and oxygen atoms in total. The minimum atomic E-state index is -4.49. The second kappa shape index (κ2) is 20.2. The van der Waals surface area contributed by atoms with Crippen molar-refractivity contribution in [1.29, 1.82) is 0 Å². The molecule has 0 aliphatic carbocycles. The van der Waals surface area contributed by atoms with E-state index in [1.165, 1.54) is 19.3 Å². The Morgan fingerprint density at radius 3 is 2.21 bits per heavy atom. The highest BCUT2D eigenvalue weighted by Gasteiger charge is 2.16. The van der Waals surface area contributed by atoms with E-state index in [0.29, 0.717) is 11.0 Å². The summed E-state index contributed by atoms with van der Waals surface area (Å²) in [4.78, 5) is 23.4. The number of hydrogen-bond acceptors (Lipinski definition) is 7. The SMILES string of the molecule is CCCC/C=C/C/C=C/CCCCCCCC(=O)OCC(O)COP(=O)([O-])OCC[N+](C)(C)C. The third kappa shape index (κ3) is 24.1. The first-order valence-electron chi connectivity index (χ1n) is 12.6. The van der Waals surface area contributed by atoms with Crippen LogP contribution in [0, 0.1) is 0 Å². The van der Waals surface area contributed by atoms with Crippen molar-refractivity contribution in [3.63, 3.8) is 0 Å². The number of quaternary nitrogens is 1. The number of phosphoric acid groups is 1. The van der Waals surface area contributed by atoms with Gasteiger partial charge in [-0.05, 0) is 32.1 Å². The number of hydrogen-bond donors (Lipinski definition) is 1. The van der Waals surface area contributed by atoms with E-state index in [1.807, 2.05) is 21.1 Å². The number of likely N-dealkylation sites (N-methyl/N-ethyl adjacent to an activating group) is 1. The van der Waals surface area contributed by atoms with Crippen LogP contribution in [0.15, 0.2) is 24.3 Å². The van der Waals surface area contributed by atoms with Crippen molar-refractivity contribution in [3.05, 3.63) is 24.3 Å². The molecule has 0 aromatic rings. The number of aliphatic hydroxyl groups excluding tert-OH is 1. The van der Waals surface area contributed by atoms with Crippen molar-refractivity contribution in [1.82, 2.24) is 0 Å². The lowest BCUT2D eigenvalue weighted by atomic mass is 10.1. The lowest BCUT2D eigenvalue weighted by Gasteiger charge is -2.27. The summed E-state index contributed by atoms with van der Waals surface area (Å²) in [6.07, 6.45) is 18.8. The van der Waals surface area contributed by atoms with Gasteiger partial charge in [0, 0.05) is 6.42 Å². The van der Waals surface area contributed by atoms with Gasteiger partial charge in [0.1, 0.15) is 25.9 Å². The molecule has 1 N–H and O–H groups in total. The summed E-state index contributed by atoms with van der Waals surface area (Å²) in [5, 5.41) is 9.78. The molecule has 0 fully saturated rings. The number of allylic oxidation sites excluding steroid dienone is 4. The van der Waals surface area contributed by atoms with Crippen molar-refractivity contribution in [2.75, 3.05) is 47.5 Å². The van der Waals surface area contributed by atoms with Gasteiger partial charge in [-0.2, -0.15) is 0 Å². The summed E-state index contributed by atoms with van der Waals surface area (Å²) in [6, 6.07) is 0. The van der Waals surface area contributed by atoms with E-state index in [2.05, 4.69) is 35.8 Å². The molecule has 9 heteroatoms. The molecule has 0 spiro atoms. The zero-order valence-electron chi connectivity index (χ0n) is 21.8. The van der Waals surface area contributed by atoms with Crippen LogP contribution in [-0.2, 0) is 23.1 Å². The van der Waals surface area contributed by atoms with Crippen molar-refractivity contribution in [2.24, 2.45) is 0 Å². The van der Waals surface area contributed by atoms with Crippen LogP contribution < -0.4 is 4.89 Å². The van der Waals surface area contributed by atoms with E-state index in [4.69, 9.17) is 9.26 Å². The summed E-state index contributed by atoms with van der Waals surface area (Å²) >= 11 is 0. The highest BCUT2D eigenvalue weighted by molar-refractivity contribution is 7.45. The van der Waals surface area contributed by atoms with Gasteiger partial charge in [-0.1, -0.05) is 63.3 Å². The Labute approximate surface area is 207 Å². The summed E-state index contributed by atoms with van der Waals surface area (Å²) in [6.45, 7) is 1.86. The van der Waals surface area contributed by atoms with Crippen molar-refractivity contribution < 1.29 is 37.6 Å². The Balaban J connectivity index is 3.65. The fourth-order valence-electron chi connectivity index (χ4n) is 2.84. The summed E-state index contributed by atoms with van der Waals surface area (Å²) in [5.41, 5.74) is 0. The van der Waals surface area contributed by atoms with E-state index in [9.17, 15) is 19.4 Å². The molecule has 0 rings (SSSR count). The Morgan fingerprint density at radius 2 is 1.56 bits per heavy atom. The molecule has 0 saturated carbocycles. The third-order valence-electron chi connectivity index (χ3n) is 4.95. The van der Waals surface area contributed by atoms with Crippen LogP contribution in [0.2, 0.25) is 0 Å². The van der Waals surface area contributed by atoms with Crippen molar-refractivity contribution in [2.45, 2.75) is 83.7 Å². The molecular weight excluding hydrogens is 457 g/mol. The number of aliphatic hydroxyl groups is 1. The highest BCUT2D eigenvalue weighted by atomic mass is 31.2. The van der Waals surface area contributed by atoms with Crippen LogP contribution >= 0.6 is 7.82 Å². The van der Waals surface area contributed by atoms with Crippen LogP contribution in [0.1, 0.15) is 77.6 Å². The predicted octanol–water partition coefficient (Wildman–Crippen LogP) is 4.52. The largest absolute Gasteiger partial charge is 0.756 e. The summed E-state index contributed by atoms with van der Waals surface area (Å²) < 4.78 is 26.6. The summed E-state index contributed by atoms with van der Waals surface area (Å²) in [5.74, 6) is -0.404. The number of ether oxygens (including phenoxy) is 1. The highest BCUT2D eigenvalue weighted by Crippen LogP contribution is 2.38. The minimum Gasteiger partial charge on any atom is -0.756 e. The topological polar surface area (TPSA) is 105 Å². The lowest BCUT2D eigenvalue weighted by molar-refractivity contribution is -0.870. The fourth-order valence-corrected chi connectivity index (χ4v) is 3.58. The zero-order valence-corrected chi connectivity index (χ0v) is 22.7. The average molecular weight is 506 g/mol. The van der Waals surface area contributed by atoms with E-state index < -0.39 is 26.5 Å². The molecular formula is C25H48NO7P. The molecule has 0 bridgehead atoms. The minimum absolute atomic E-state index is 0.0111. The maximum atomic E-state index is 11.8. The number of carbonyl (C=O) groups is 1. The second-order valence-corrected chi connectivity index (χ2v) is 11.0. The van der Waals surface area contributed by atoms with E-state index in [1.54, 1.807) is 0 Å². The van der Waals surface area contributed by atoms with Gasteiger partial charge in [0.15, 0.2) is 0 Å². The molecule has 0 heterocycles. The van der Waals surface area contributed by atoms with E-state index >= 15 is 0 Å². The third-order valence-corrected chi connectivity index (χ3v) is 5.92. The molecule has 200 valence electrons. The van der Waals surface area contributed by atoms with Crippen LogP contribution in [0.25, 0.3) is 0 Å². The van der Waals surface area contributed by atoms with Gasteiger partial charge in [0.05, 0.1) is 27.7 Å². The Morgan fingerprint density at radius 1 is 0.941 bits per heavy atom. The first kappa shape index (κ1) is 33.0. The fraction of sp³-hybridized carbons (Fsp3) is 0.800. The van der Waals surface area contributed by atoms with Gasteiger partial charge in [-0.3, -0.25) is 9.36 Å². The monoisotopic (exact) mass is 505 g/mol. The molecule has 2 atom stereocenters.